The third-order valence-corrected chi connectivity index (χ3v) is 7.80. The number of nitrogens with one attached hydrogen (secondary N) is 1. The first-order valence-electron chi connectivity index (χ1n) is 9.24. The van der Waals surface area contributed by atoms with Crippen molar-refractivity contribution in [3.8, 4) is 0 Å². The summed E-state index contributed by atoms with van der Waals surface area (Å²) in [7, 11) is -3.51. The molecule has 3 aromatic rings. The fourth-order valence-electron chi connectivity index (χ4n) is 3.50. The van der Waals surface area contributed by atoms with Gasteiger partial charge in [0.1, 0.15) is 9.97 Å². The van der Waals surface area contributed by atoms with E-state index in [-0.39, 0.29) is 12.6 Å². The summed E-state index contributed by atoms with van der Waals surface area (Å²) in [6, 6.07) is 17.3. The van der Waals surface area contributed by atoms with Crippen LogP contribution in [-0.4, -0.2) is 46.0 Å². The Labute approximate surface area is 169 Å². The Bertz CT molecular complexity index is 950. The summed E-state index contributed by atoms with van der Waals surface area (Å²) in [5.41, 5.74) is 1.22. The summed E-state index contributed by atoms with van der Waals surface area (Å²) in [4.78, 5) is 4.64. The van der Waals surface area contributed by atoms with Crippen molar-refractivity contribution in [2.75, 3.05) is 37.6 Å². The van der Waals surface area contributed by atoms with Gasteiger partial charge in [-0.2, -0.15) is 0 Å². The Hall–Kier alpha value is -2.13. The number of benzene rings is 1. The number of rotatable bonds is 7. The van der Waals surface area contributed by atoms with E-state index in [1.54, 1.807) is 23.8 Å². The lowest BCUT2D eigenvalue weighted by Gasteiger charge is -2.39. The Balaban J connectivity index is 1.44. The molecule has 1 N–H and O–H groups in total. The number of piperazine rings is 1. The van der Waals surface area contributed by atoms with Gasteiger partial charge in [-0.05, 0) is 35.7 Å². The molecule has 148 valence electrons. The van der Waals surface area contributed by atoms with Gasteiger partial charge in [0.2, 0.25) is 10.0 Å². The predicted octanol–water partition coefficient (Wildman–Crippen LogP) is 3.18. The lowest BCUT2D eigenvalue weighted by Crippen LogP contribution is -2.49. The van der Waals surface area contributed by atoms with E-state index in [1.165, 1.54) is 17.0 Å². The number of nitrogens with zero attached hydrogens (tertiary/aromatic N) is 2. The fraction of sp³-hybridized carbons (Fsp3) is 0.300. The molecule has 0 spiro atoms. The van der Waals surface area contributed by atoms with E-state index in [0.717, 1.165) is 31.9 Å². The van der Waals surface area contributed by atoms with Crippen LogP contribution in [0.4, 0.5) is 5.69 Å². The number of anilines is 1. The first-order valence-corrected chi connectivity index (χ1v) is 11.6. The summed E-state index contributed by atoms with van der Waals surface area (Å²) in [6.45, 7) is 3.72. The summed E-state index contributed by atoms with van der Waals surface area (Å²) in [5.74, 6) is 0.780. The van der Waals surface area contributed by atoms with E-state index in [0.29, 0.717) is 4.21 Å². The minimum Gasteiger partial charge on any atom is -0.468 e. The number of hydrogen-bond donors (Lipinski definition) is 1. The van der Waals surface area contributed by atoms with Crippen LogP contribution in [0, 0.1) is 0 Å². The molecule has 6 nitrogen and oxygen atoms in total. The van der Waals surface area contributed by atoms with Gasteiger partial charge in [0, 0.05) is 38.4 Å². The van der Waals surface area contributed by atoms with E-state index >= 15 is 0 Å². The van der Waals surface area contributed by atoms with Gasteiger partial charge in [-0.3, -0.25) is 4.90 Å². The van der Waals surface area contributed by atoms with Gasteiger partial charge in [-0.1, -0.05) is 24.3 Å². The van der Waals surface area contributed by atoms with Crippen LogP contribution in [0.2, 0.25) is 0 Å². The molecule has 1 atom stereocenters. The van der Waals surface area contributed by atoms with Crippen molar-refractivity contribution in [3.05, 3.63) is 72.0 Å². The lowest BCUT2D eigenvalue weighted by atomic mass is 10.1. The molecule has 1 aromatic carbocycles. The molecule has 4 rings (SSSR count). The highest BCUT2D eigenvalue weighted by Gasteiger charge is 2.28. The first-order chi connectivity index (χ1) is 13.6. The zero-order valence-corrected chi connectivity index (χ0v) is 17.0. The van der Waals surface area contributed by atoms with Crippen molar-refractivity contribution >= 4 is 27.0 Å². The molecule has 1 saturated heterocycles. The molecule has 0 saturated carbocycles. The molecule has 0 unspecified atom stereocenters. The van der Waals surface area contributed by atoms with E-state index in [4.69, 9.17) is 4.42 Å². The summed E-state index contributed by atoms with van der Waals surface area (Å²) >= 11 is 1.22. The monoisotopic (exact) mass is 417 g/mol. The second-order valence-corrected chi connectivity index (χ2v) is 9.62. The SMILES string of the molecule is O=S(=O)(NC[C@@H](c1ccco1)N1CCN(c2ccccc2)CC1)c1cccs1. The number of sulfonamides is 1. The summed E-state index contributed by atoms with van der Waals surface area (Å²) < 4.78 is 33.8. The molecule has 3 heterocycles. The maximum absolute atomic E-state index is 12.5. The molecule has 1 aliphatic rings. The van der Waals surface area contributed by atoms with Crippen LogP contribution in [0.1, 0.15) is 11.8 Å². The Morgan fingerprint density at radius 1 is 1.00 bits per heavy atom. The molecular weight excluding hydrogens is 394 g/mol. The third kappa shape index (κ3) is 4.30. The molecule has 28 heavy (non-hydrogen) atoms. The topological polar surface area (TPSA) is 65.8 Å². The van der Waals surface area contributed by atoms with Crippen LogP contribution in [0.3, 0.4) is 0 Å². The zero-order valence-electron chi connectivity index (χ0n) is 15.4. The van der Waals surface area contributed by atoms with Crippen molar-refractivity contribution in [3.63, 3.8) is 0 Å². The molecular formula is C20H23N3O3S2. The van der Waals surface area contributed by atoms with Crippen molar-refractivity contribution in [2.45, 2.75) is 10.3 Å². The van der Waals surface area contributed by atoms with Crippen LogP contribution in [-0.2, 0) is 10.0 Å². The van der Waals surface area contributed by atoms with Crippen LogP contribution < -0.4 is 9.62 Å². The highest BCUT2D eigenvalue weighted by Crippen LogP contribution is 2.25. The standard InChI is InChI=1S/C20H23N3O3S2/c24-28(25,20-9-5-15-27-20)21-16-18(19-8-4-14-26-19)23-12-10-22(11-13-23)17-6-2-1-3-7-17/h1-9,14-15,18,21H,10-13,16H2/t18-/m0/s1. The van der Waals surface area contributed by atoms with Gasteiger partial charge in [0.25, 0.3) is 0 Å². The molecule has 8 heteroatoms. The second-order valence-electron chi connectivity index (χ2n) is 6.67. The van der Waals surface area contributed by atoms with E-state index in [2.05, 4.69) is 26.7 Å². The molecule has 0 aliphatic carbocycles. The molecule has 1 aliphatic heterocycles. The van der Waals surface area contributed by atoms with Gasteiger partial charge < -0.3 is 9.32 Å². The van der Waals surface area contributed by atoms with Gasteiger partial charge in [-0.15, -0.1) is 11.3 Å². The summed E-state index contributed by atoms with van der Waals surface area (Å²) in [5, 5.41) is 1.77. The minimum absolute atomic E-state index is 0.136. The molecule has 0 radical (unpaired) electrons. The van der Waals surface area contributed by atoms with Gasteiger partial charge in [-0.25, -0.2) is 13.1 Å². The van der Waals surface area contributed by atoms with E-state index in [1.807, 2.05) is 30.3 Å². The van der Waals surface area contributed by atoms with Crippen LogP contribution >= 0.6 is 11.3 Å². The highest BCUT2D eigenvalue weighted by molar-refractivity contribution is 7.91. The Morgan fingerprint density at radius 3 is 2.43 bits per heavy atom. The first kappa shape index (κ1) is 19.2. The smallest absolute Gasteiger partial charge is 0.250 e. The maximum atomic E-state index is 12.5. The number of furan rings is 1. The maximum Gasteiger partial charge on any atom is 0.250 e. The Kier molecular flexibility index (Phi) is 5.82. The van der Waals surface area contributed by atoms with Crippen molar-refractivity contribution in [1.82, 2.24) is 9.62 Å². The number of thiophene rings is 1. The molecule has 2 aromatic heterocycles. The number of para-hydroxylation sites is 1. The highest BCUT2D eigenvalue weighted by atomic mass is 32.2. The largest absolute Gasteiger partial charge is 0.468 e. The van der Waals surface area contributed by atoms with Gasteiger partial charge in [0.05, 0.1) is 12.3 Å². The quantitative estimate of drug-likeness (QED) is 0.640. The van der Waals surface area contributed by atoms with Crippen LogP contribution in [0.5, 0.6) is 0 Å². The minimum atomic E-state index is -3.51. The van der Waals surface area contributed by atoms with Crippen LogP contribution in [0.15, 0.2) is 74.9 Å². The zero-order chi connectivity index (χ0) is 19.4. The van der Waals surface area contributed by atoms with Crippen molar-refractivity contribution in [2.24, 2.45) is 0 Å². The predicted molar refractivity (Wildman–Crippen MR) is 111 cm³/mol. The van der Waals surface area contributed by atoms with Gasteiger partial charge >= 0.3 is 0 Å². The fourth-order valence-corrected chi connectivity index (χ4v) is 5.57. The average molecular weight is 418 g/mol. The van der Waals surface area contributed by atoms with Crippen LogP contribution in [0.25, 0.3) is 0 Å². The third-order valence-electron chi connectivity index (χ3n) is 4.97. The number of hydrogen-bond acceptors (Lipinski definition) is 6. The van der Waals surface area contributed by atoms with Crippen molar-refractivity contribution in [1.29, 1.82) is 0 Å². The average Bonchev–Trinajstić information content (AvgIpc) is 3.44. The van der Waals surface area contributed by atoms with E-state index < -0.39 is 10.0 Å². The van der Waals surface area contributed by atoms with Gasteiger partial charge in [0.15, 0.2) is 0 Å². The Morgan fingerprint density at radius 2 is 1.79 bits per heavy atom. The molecule has 0 amide bonds. The molecule has 1 fully saturated rings. The summed E-state index contributed by atoms with van der Waals surface area (Å²) in [6.07, 6.45) is 1.64. The van der Waals surface area contributed by atoms with E-state index in [9.17, 15) is 8.42 Å². The second kappa shape index (κ2) is 8.48. The van der Waals surface area contributed by atoms with Crippen molar-refractivity contribution < 1.29 is 12.8 Å². The lowest BCUT2D eigenvalue weighted by molar-refractivity contribution is 0.166. The normalized spacial score (nSPS) is 16.9. The molecule has 0 bridgehead atoms.